The Hall–Kier alpha value is -3.37. The van der Waals surface area contributed by atoms with Crippen molar-refractivity contribution in [2.24, 2.45) is 5.92 Å². The highest BCUT2D eigenvalue weighted by Gasteiger charge is 2.51. The van der Waals surface area contributed by atoms with Crippen LogP contribution in [0, 0.1) is 5.92 Å². The van der Waals surface area contributed by atoms with Gasteiger partial charge >= 0.3 is 0 Å². The maximum absolute atomic E-state index is 13.7. The maximum Gasteiger partial charge on any atom is 0.154 e. The van der Waals surface area contributed by atoms with Gasteiger partial charge in [-0.25, -0.2) is 0 Å². The molecular formula is C30H30N2O2. The molecule has 0 bridgehead atoms. The highest BCUT2D eigenvalue weighted by Crippen LogP contribution is 2.50. The second kappa shape index (κ2) is 8.44. The summed E-state index contributed by atoms with van der Waals surface area (Å²) < 4.78 is 5.60. The minimum absolute atomic E-state index is 0.120. The molecule has 4 aromatic rings. The molecule has 1 saturated heterocycles. The van der Waals surface area contributed by atoms with Gasteiger partial charge < -0.3 is 15.0 Å². The quantitative estimate of drug-likeness (QED) is 0.450. The fourth-order valence-corrected chi connectivity index (χ4v) is 6.44. The number of ether oxygens (including phenoxy) is 1. The second-order valence-corrected chi connectivity index (χ2v) is 9.81. The van der Waals surface area contributed by atoms with Crippen molar-refractivity contribution >= 4 is 16.7 Å². The van der Waals surface area contributed by atoms with Crippen LogP contribution in [0.4, 0.5) is 0 Å². The SMILES string of the molecule is COc1cccc([C@]23CCNC(C(=O)Cc4ccccc4)C2Cc2c([nH]c4ccccc24)C3)c1. The molecule has 3 atom stereocenters. The number of methoxy groups -OCH3 is 1. The lowest BCUT2D eigenvalue weighted by Crippen LogP contribution is -2.60. The van der Waals surface area contributed by atoms with Gasteiger partial charge in [0.25, 0.3) is 0 Å². The Balaban J connectivity index is 1.46. The van der Waals surface area contributed by atoms with Gasteiger partial charge in [-0.2, -0.15) is 0 Å². The summed E-state index contributed by atoms with van der Waals surface area (Å²) in [6.45, 7) is 0.828. The normalized spacial score (nSPS) is 23.8. The summed E-state index contributed by atoms with van der Waals surface area (Å²) in [5.74, 6) is 1.33. The molecule has 1 aromatic heterocycles. The standard InChI is InChI=1S/C30H30N2O2/c1-34-22-11-7-10-21(17-22)30-14-15-31-29(28(33)16-20-8-3-2-4-9-20)25(30)18-24-23-12-5-6-13-26(23)32-27(24)19-30/h2-13,17,25,29,31-32H,14-16,18-19H2,1H3/t25?,29?,30-/m1/s1. The molecule has 172 valence electrons. The number of fused-ring (bicyclic) bond motifs is 4. The number of benzene rings is 3. The van der Waals surface area contributed by atoms with Gasteiger partial charge in [-0.3, -0.25) is 4.79 Å². The second-order valence-electron chi connectivity index (χ2n) is 9.81. The number of piperidine rings is 1. The first-order valence-electron chi connectivity index (χ1n) is 12.2. The van der Waals surface area contributed by atoms with E-state index < -0.39 is 0 Å². The number of aromatic nitrogens is 1. The molecule has 2 aliphatic rings. The number of carbonyl (C=O) groups is 1. The van der Waals surface area contributed by atoms with Gasteiger partial charge in [0.1, 0.15) is 5.75 Å². The van der Waals surface area contributed by atoms with E-state index in [2.05, 4.69) is 64.9 Å². The van der Waals surface area contributed by atoms with E-state index in [1.165, 1.54) is 27.7 Å². The van der Waals surface area contributed by atoms with Crippen LogP contribution in [0.5, 0.6) is 5.75 Å². The van der Waals surface area contributed by atoms with Gasteiger partial charge in [0.15, 0.2) is 5.78 Å². The van der Waals surface area contributed by atoms with Gasteiger partial charge in [-0.15, -0.1) is 0 Å². The molecule has 6 rings (SSSR count). The molecule has 3 aromatic carbocycles. The van der Waals surface area contributed by atoms with Crippen molar-refractivity contribution in [2.45, 2.75) is 37.1 Å². The summed E-state index contributed by atoms with van der Waals surface area (Å²) >= 11 is 0. The molecule has 0 spiro atoms. The molecule has 34 heavy (non-hydrogen) atoms. The smallest absolute Gasteiger partial charge is 0.154 e. The third-order valence-corrected chi connectivity index (χ3v) is 8.08. The summed E-state index contributed by atoms with van der Waals surface area (Å²) in [6, 6.07) is 27.0. The van der Waals surface area contributed by atoms with E-state index in [1.807, 2.05) is 24.3 Å². The fourth-order valence-electron chi connectivity index (χ4n) is 6.44. The molecule has 0 amide bonds. The molecule has 2 unspecified atom stereocenters. The van der Waals surface area contributed by atoms with Crippen molar-refractivity contribution in [1.82, 2.24) is 10.3 Å². The van der Waals surface area contributed by atoms with Crippen LogP contribution in [0.15, 0.2) is 78.9 Å². The molecule has 1 aliphatic heterocycles. The van der Waals surface area contributed by atoms with Gasteiger partial charge in [0.05, 0.1) is 13.2 Å². The van der Waals surface area contributed by atoms with Crippen molar-refractivity contribution < 1.29 is 9.53 Å². The van der Waals surface area contributed by atoms with E-state index >= 15 is 0 Å². The lowest BCUT2D eigenvalue weighted by atomic mass is 9.56. The summed E-state index contributed by atoms with van der Waals surface area (Å²) in [5.41, 5.74) is 6.12. The Labute approximate surface area is 200 Å². The minimum atomic E-state index is -0.179. The number of ketones is 1. The molecule has 2 heterocycles. The fraction of sp³-hybridized carbons (Fsp3) is 0.300. The average molecular weight is 451 g/mol. The minimum Gasteiger partial charge on any atom is -0.497 e. The Morgan fingerprint density at radius 3 is 2.71 bits per heavy atom. The van der Waals surface area contributed by atoms with E-state index in [-0.39, 0.29) is 23.2 Å². The molecule has 4 nitrogen and oxygen atoms in total. The molecule has 4 heteroatoms. The first-order valence-corrected chi connectivity index (χ1v) is 12.2. The molecule has 1 aliphatic carbocycles. The topological polar surface area (TPSA) is 54.1 Å². The van der Waals surface area contributed by atoms with Crippen LogP contribution in [0.3, 0.4) is 0 Å². The largest absolute Gasteiger partial charge is 0.497 e. The third-order valence-electron chi connectivity index (χ3n) is 8.08. The van der Waals surface area contributed by atoms with Crippen molar-refractivity contribution in [2.75, 3.05) is 13.7 Å². The molecule has 0 saturated carbocycles. The van der Waals surface area contributed by atoms with Gasteiger partial charge in [-0.1, -0.05) is 60.7 Å². The first-order chi connectivity index (χ1) is 16.7. The molecule has 2 N–H and O–H groups in total. The van der Waals surface area contributed by atoms with Gasteiger partial charge in [-0.05, 0) is 66.6 Å². The summed E-state index contributed by atoms with van der Waals surface area (Å²) in [4.78, 5) is 17.5. The van der Waals surface area contributed by atoms with Gasteiger partial charge in [0.2, 0.25) is 0 Å². The van der Waals surface area contributed by atoms with Gasteiger partial charge in [0, 0.05) is 28.4 Å². The number of aromatic amines is 1. The van der Waals surface area contributed by atoms with Crippen molar-refractivity contribution in [3.8, 4) is 5.75 Å². The number of para-hydroxylation sites is 1. The molecular weight excluding hydrogens is 420 g/mol. The summed E-state index contributed by atoms with van der Waals surface area (Å²) in [7, 11) is 1.72. The van der Waals surface area contributed by atoms with Crippen LogP contribution < -0.4 is 10.1 Å². The van der Waals surface area contributed by atoms with E-state index in [4.69, 9.17) is 4.74 Å². The van der Waals surface area contributed by atoms with Crippen molar-refractivity contribution in [3.63, 3.8) is 0 Å². The monoisotopic (exact) mass is 450 g/mol. The predicted molar refractivity (Wildman–Crippen MR) is 135 cm³/mol. The lowest BCUT2D eigenvalue weighted by molar-refractivity contribution is -0.123. The highest BCUT2D eigenvalue weighted by atomic mass is 16.5. The highest BCUT2D eigenvalue weighted by molar-refractivity contribution is 5.88. The zero-order valence-corrected chi connectivity index (χ0v) is 19.5. The Bertz CT molecular complexity index is 1340. The zero-order valence-electron chi connectivity index (χ0n) is 19.5. The van der Waals surface area contributed by atoms with Crippen LogP contribution in [-0.4, -0.2) is 30.5 Å². The van der Waals surface area contributed by atoms with E-state index in [1.54, 1.807) is 7.11 Å². The predicted octanol–water partition coefficient (Wildman–Crippen LogP) is 5.00. The molecule has 1 fully saturated rings. The number of hydrogen-bond acceptors (Lipinski definition) is 3. The van der Waals surface area contributed by atoms with Crippen LogP contribution in [0.25, 0.3) is 10.9 Å². The third kappa shape index (κ3) is 3.45. The molecule has 0 radical (unpaired) electrons. The average Bonchev–Trinajstić information content (AvgIpc) is 3.24. The Kier molecular flexibility index (Phi) is 5.26. The first kappa shape index (κ1) is 21.2. The van der Waals surface area contributed by atoms with Crippen LogP contribution in [0.1, 0.15) is 28.8 Å². The summed E-state index contributed by atoms with van der Waals surface area (Å²) in [6.07, 6.45) is 3.25. The van der Waals surface area contributed by atoms with Crippen molar-refractivity contribution in [1.29, 1.82) is 0 Å². The number of hydrogen-bond donors (Lipinski definition) is 2. The number of carbonyl (C=O) groups excluding carboxylic acids is 1. The number of nitrogens with one attached hydrogen (secondary N) is 2. The van der Waals surface area contributed by atoms with E-state index in [9.17, 15) is 4.79 Å². The Morgan fingerprint density at radius 1 is 1.03 bits per heavy atom. The van der Waals surface area contributed by atoms with Crippen LogP contribution in [-0.2, 0) is 29.5 Å². The zero-order chi connectivity index (χ0) is 23.1. The van der Waals surface area contributed by atoms with Crippen LogP contribution in [0.2, 0.25) is 0 Å². The number of Topliss-reactive ketones (excluding diaryl/α,β-unsaturated/α-hetero) is 1. The van der Waals surface area contributed by atoms with Crippen molar-refractivity contribution in [3.05, 3.63) is 101 Å². The van der Waals surface area contributed by atoms with E-state index in [0.717, 1.165) is 37.1 Å². The Morgan fingerprint density at radius 2 is 1.85 bits per heavy atom. The number of H-pyrrole nitrogens is 1. The summed E-state index contributed by atoms with van der Waals surface area (Å²) in [5, 5.41) is 4.93. The maximum atomic E-state index is 13.7. The van der Waals surface area contributed by atoms with Crippen LogP contribution >= 0.6 is 0 Å². The number of rotatable bonds is 5. The van der Waals surface area contributed by atoms with E-state index in [0.29, 0.717) is 6.42 Å². The lowest BCUT2D eigenvalue weighted by Gasteiger charge is -2.51.